The van der Waals surface area contributed by atoms with Gasteiger partial charge in [0.15, 0.2) is 5.96 Å². The molecule has 0 radical (unpaired) electrons. The highest BCUT2D eigenvalue weighted by atomic mass is 35.5. The van der Waals surface area contributed by atoms with Crippen LogP contribution in [0.2, 0.25) is 5.02 Å². The van der Waals surface area contributed by atoms with Crippen molar-refractivity contribution >= 4 is 17.6 Å². The van der Waals surface area contributed by atoms with Crippen LogP contribution in [0.15, 0.2) is 29.3 Å². The predicted octanol–water partition coefficient (Wildman–Crippen LogP) is 2.00. The molecule has 0 bridgehead atoms. The fourth-order valence-corrected chi connectivity index (χ4v) is 1.85. The number of guanidine groups is 1. The maximum absolute atomic E-state index is 5.86. The van der Waals surface area contributed by atoms with E-state index in [1.165, 1.54) is 5.56 Å². The number of benzene rings is 1. The third-order valence-corrected chi connectivity index (χ3v) is 3.42. The van der Waals surface area contributed by atoms with Crippen LogP contribution < -0.4 is 10.6 Å². The molecule has 4 nitrogen and oxygen atoms in total. The molecule has 0 fully saturated rings. The molecule has 0 aliphatic heterocycles. The summed E-state index contributed by atoms with van der Waals surface area (Å²) in [6, 6.07) is 7.95. The standard InChI is InChI=1S/C15H25ClN4/c1-4-20(3)12-11-19-15(17-2)18-10-9-13-5-7-14(16)8-6-13/h5-8H,4,9-12H2,1-3H3,(H2,17,18,19). The van der Waals surface area contributed by atoms with Gasteiger partial charge in [0, 0.05) is 31.7 Å². The van der Waals surface area contributed by atoms with E-state index < -0.39 is 0 Å². The molecule has 5 heteroatoms. The number of nitrogens with zero attached hydrogens (tertiary/aromatic N) is 2. The van der Waals surface area contributed by atoms with Crippen LogP contribution in [-0.2, 0) is 6.42 Å². The number of hydrogen-bond donors (Lipinski definition) is 2. The molecule has 0 saturated heterocycles. The van der Waals surface area contributed by atoms with Gasteiger partial charge in [-0.15, -0.1) is 0 Å². The Morgan fingerprint density at radius 3 is 2.45 bits per heavy atom. The Hall–Kier alpha value is -1.26. The van der Waals surface area contributed by atoms with Gasteiger partial charge < -0.3 is 15.5 Å². The Bertz CT molecular complexity index is 403. The molecule has 0 aliphatic rings. The van der Waals surface area contributed by atoms with Crippen molar-refractivity contribution in [3.05, 3.63) is 34.9 Å². The third kappa shape index (κ3) is 6.78. The number of halogens is 1. The first-order valence-electron chi connectivity index (χ1n) is 7.03. The Morgan fingerprint density at radius 1 is 1.20 bits per heavy atom. The molecule has 0 unspecified atom stereocenters. The summed E-state index contributed by atoms with van der Waals surface area (Å²) in [6.07, 6.45) is 0.951. The zero-order chi connectivity index (χ0) is 14.8. The highest BCUT2D eigenvalue weighted by Gasteiger charge is 1.99. The van der Waals surface area contributed by atoms with Gasteiger partial charge in [-0.3, -0.25) is 4.99 Å². The lowest BCUT2D eigenvalue weighted by Gasteiger charge is -2.16. The second-order valence-electron chi connectivity index (χ2n) is 4.70. The molecular weight excluding hydrogens is 272 g/mol. The van der Waals surface area contributed by atoms with Crippen molar-refractivity contribution in [2.45, 2.75) is 13.3 Å². The second-order valence-corrected chi connectivity index (χ2v) is 5.13. The first-order chi connectivity index (χ1) is 9.65. The molecule has 0 saturated carbocycles. The van der Waals surface area contributed by atoms with Crippen LogP contribution in [0.25, 0.3) is 0 Å². The molecule has 20 heavy (non-hydrogen) atoms. The first-order valence-corrected chi connectivity index (χ1v) is 7.41. The van der Waals surface area contributed by atoms with Gasteiger partial charge in [-0.25, -0.2) is 0 Å². The van der Waals surface area contributed by atoms with Gasteiger partial charge in [-0.1, -0.05) is 30.7 Å². The summed E-state index contributed by atoms with van der Waals surface area (Å²) in [5, 5.41) is 7.39. The van der Waals surface area contributed by atoms with Crippen molar-refractivity contribution in [2.24, 2.45) is 4.99 Å². The second kappa shape index (κ2) is 9.61. The Balaban J connectivity index is 2.23. The summed E-state index contributed by atoms with van der Waals surface area (Å²) in [6.45, 7) is 5.97. The summed E-state index contributed by atoms with van der Waals surface area (Å²) in [4.78, 5) is 6.47. The molecule has 1 rings (SSSR count). The largest absolute Gasteiger partial charge is 0.356 e. The lowest BCUT2D eigenvalue weighted by molar-refractivity contribution is 0.357. The molecule has 0 atom stereocenters. The minimum absolute atomic E-state index is 0.777. The normalized spacial score (nSPS) is 11.8. The molecule has 0 spiro atoms. The Kier molecular flexibility index (Phi) is 8.07. The maximum Gasteiger partial charge on any atom is 0.191 e. The summed E-state index contributed by atoms with van der Waals surface area (Å²) < 4.78 is 0. The molecule has 0 aliphatic carbocycles. The predicted molar refractivity (Wildman–Crippen MR) is 87.7 cm³/mol. The smallest absolute Gasteiger partial charge is 0.191 e. The van der Waals surface area contributed by atoms with Crippen molar-refractivity contribution in [3.8, 4) is 0 Å². The number of nitrogens with one attached hydrogen (secondary N) is 2. The summed E-state index contributed by atoms with van der Waals surface area (Å²) in [5.74, 6) is 0.850. The van der Waals surface area contributed by atoms with Gasteiger partial charge in [0.1, 0.15) is 0 Å². The van der Waals surface area contributed by atoms with Crippen molar-refractivity contribution in [2.75, 3.05) is 40.3 Å². The van der Waals surface area contributed by atoms with Crippen molar-refractivity contribution in [1.82, 2.24) is 15.5 Å². The van der Waals surface area contributed by atoms with Crippen LogP contribution in [0, 0.1) is 0 Å². The van der Waals surface area contributed by atoms with Gasteiger partial charge in [0.2, 0.25) is 0 Å². The van der Waals surface area contributed by atoms with Crippen LogP contribution in [0.5, 0.6) is 0 Å². The lowest BCUT2D eigenvalue weighted by atomic mass is 10.1. The molecule has 112 valence electrons. The van der Waals surface area contributed by atoms with Crippen LogP contribution in [0.3, 0.4) is 0 Å². The molecule has 0 aromatic heterocycles. The van der Waals surface area contributed by atoms with E-state index in [9.17, 15) is 0 Å². The summed E-state index contributed by atoms with van der Waals surface area (Å²) >= 11 is 5.86. The van der Waals surface area contributed by atoms with E-state index >= 15 is 0 Å². The third-order valence-electron chi connectivity index (χ3n) is 3.17. The minimum atomic E-state index is 0.777. The minimum Gasteiger partial charge on any atom is -0.356 e. The lowest BCUT2D eigenvalue weighted by Crippen LogP contribution is -2.41. The Morgan fingerprint density at radius 2 is 1.85 bits per heavy atom. The zero-order valence-electron chi connectivity index (χ0n) is 12.6. The topological polar surface area (TPSA) is 39.7 Å². The molecular formula is C15H25ClN4. The van der Waals surface area contributed by atoms with E-state index in [4.69, 9.17) is 11.6 Å². The molecule has 2 N–H and O–H groups in total. The zero-order valence-corrected chi connectivity index (χ0v) is 13.4. The highest BCUT2D eigenvalue weighted by Crippen LogP contribution is 2.09. The SMILES string of the molecule is CCN(C)CCNC(=NC)NCCc1ccc(Cl)cc1. The maximum atomic E-state index is 5.86. The van der Waals surface area contributed by atoms with Crippen molar-refractivity contribution in [3.63, 3.8) is 0 Å². The van der Waals surface area contributed by atoms with Crippen LogP contribution >= 0.6 is 11.6 Å². The van der Waals surface area contributed by atoms with Gasteiger partial charge in [-0.2, -0.15) is 0 Å². The molecule has 1 aromatic carbocycles. The van der Waals surface area contributed by atoms with E-state index in [0.29, 0.717) is 0 Å². The number of rotatable bonds is 7. The van der Waals surface area contributed by atoms with Gasteiger partial charge in [0.25, 0.3) is 0 Å². The number of likely N-dealkylation sites (N-methyl/N-ethyl adjacent to an activating group) is 1. The monoisotopic (exact) mass is 296 g/mol. The van der Waals surface area contributed by atoms with Gasteiger partial charge in [0.05, 0.1) is 0 Å². The van der Waals surface area contributed by atoms with E-state index in [-0.39, 0.29) is 0 Å². The van der Waals surface area contributed by atoms with Gasteiger partial charge >= 0.3 is 0 Å². The van der Waals surface area contributed by atoms with Crippen LogP contribution in [0.1, 0.15) is 12.5 Å². The molecule has 1 aromatic rings. The molecule has 0 amide bonds. The van der Waals surface area contributed by atoms with E-state index in [1.54, 1.807) is 7.05 Å². The van der Waals surface area contributed by atoms with Crippen molar-refractivity contribution < 1.29 is 0 Å². The molecule has 0 heterocycles. The van der Waals surface area contributed by atoms with E-state index in [2.05, 4.69) is 46.6 Å². The number of hydrogen-bond acceptors (Lipinski definition) is 2. The quantitative estimate of drug-likeness (QED) is 0.597. The van der Waals surface area contributed by atoms with E-state index in [1.807, 2.05) is 12.1 Å². The average Bonchev–Trinajstić information content (AvgIpc) is 2.47. The first kappa shape index (κ1) is 16.8. The number of aliphatic imine (C=N–C) groups is 1. The fraction of sp³-hybridized carbons (Fsp3) is 0.533. The van der Waals surface area contributed by atoms with Crippen molar-refractivity contribution in [1.29, 1.82) is 0 Å². The average molecular weight is 297 g/mol. The van der Waals surface area contributed by atoms with Crippen LogP contribution in [0.4, 0.5) is 0 Å². The van der Waals surface area contributed by atoms with E-state index in [0.717, 1.165) is 43.6 Å². The summed E-state index contributed by atoms with van der Waals surface area (Å²) in [7, 11) is 3.90. The van der Waals surface area contributed by atoms with Gasteiger partial charge in [-0.05, 0) is 37.7 Å². The van der Waals surface area contributed by atoms with Crippen LogP contribution in [-0.4, -0.2) is 51.1 Å². The fourth-order valence-electron chi connectivity index (χ4n) is 1.72. The summed E-state index contributed by atoms with van der Waals surface area (Å²) in [5.41, 5.74) is 1.27. The Labute approximate surface area is 127 Å². The highest BCUT2D eigenvalue weighted by molar-refractivity contribution is 6.30.